The van der Waals surface area contributed by atoms with Gasteiger partial charge in [-0.2, -0.15) is 0 Å². The largest absolute Gasteiger partial charge is 0.500 e. The van der Waals surface area contributed by atoms with E-state index in [0.717, 1.165) is 31.9 Å². The van der Waals surface area contributed by atoms with Crippen molar-refractivity contribution in [2.24, 2.45) is 0 Å². The van der Waals surface area contributed by atoms with Crippen LogP contribution in [0, 0.1) is 0 Å². The van der Waals surface area contributed by atoms with Crippen molar-refractivity contribution in [3.63, 3.8) is 0 Å². The average molecular weight is 318 g/mol. The summed E-state index contributed by atoms with van der Waals surface area (Å²) in [5, 5.41) is 6.17. The van der Waals surface area contributed by atoms with Crippen LogP contribution in [0.3, 0.4) is 0 Å². The van der Waals surface area contributed by atoms with Crippen molar-refractivity contribution in [1.82, 2.24) is 10.6 Å². The Labute approximate surface area is 129 Å². The van der Waals surface area contributed by atoms with Crippen LogP contribution in [0.4, 0.5) is 0 Å². The highest BCUT2D eigenvalue weighted by molar-refractivity contribution is 6.60. The van der Waals surface area contributed by atoms with Gasteiger partial charge in [0.2, 0.25) is 5.91 Å². The summed E-state index contributed by atoms with van der Waals surface area (Å²) in [5.41, 5.74) is 0. The second-order valence-corrected chi connectivity index (χ2v) is 7.76. The zero-order chi connectivity index (χ0) is 15.6. The van der Waals surface area contributed by atoms with Gasteiger partial charge in [-0.1, -0.05) is 0 Å². The highest BCUT2D eigenvalue weighted by atomic mass is 28.4. The molecule has 21 heavy (non-hydrogen) atoms. The fourth-order valence-corrected chi connectivity index (χ4v) is 5.16. The molecule has 0 aromatic rings. The average Bonchev–Trinajstić information content (AvgIpc) is 2.98. The molecule has 0 aromatic carbocycles. The van der Waals surface area contributed by atoms with E-state index in [1.165, 1.54) is 0 Å². The van der Waals surface area contributed by atoms with Crippen molar-refractivity contribution in [2.75, 3.05) is 32.9 Å². The van der Waals surface area contributed by atoms with Crippen LogP contribution in [0.1, 0.15) is 40.0 Å². The Morgan fingerprint density at radius 2 is 1.81 bits per heavy atom. The monoisotopic (exact) mass is 318 g/mol. The van der Waals surface area contributed by atoms with Gasteiger partial charge in [-0.05, 0) is 46.6 Å². The maximum Gasteiger partial charge on any atom is 0.500 e. The number of nitrogens with one attached hydrogen (secondary N) is 2. The molecule has 0 aliphatic carbocycles. The number of carbonyl (C=O) groups is 1. The van der Waals surface area contributed by atoms with Gasteiger partial charge >= 0.3 is 8.80 Å². The smallest absolute Gasteiger partial charge is 0.374 e. The van der Waals surface area contributed by atoms with Crippen LogP contribution in [-0.2, 0) is 18.1 Å². The first-order chi connectivity index (χ1) is 10.2. The Bertz CT molecular complexity index is 282. The lowest BCUT2D eigenvalue weighted by Gasteiger charge is -2.28. The molecule has 6 nitrogen and oxygen atoms in total. The minimum absolute atomic E-state index is 0.0160. The summed E-state index contributed by atoms with van der Waals surface area (Å²) in [6.07, 6.45) is 2.82. The van der Waals surface area contributed by atoms with E-state index in [9.17, 15) is 4.79 Å². The summed E-state index contributed by atoms with van der Waals surface area (Å²) in [5.74, 6) is 0.101. The van der Waals surface area contributed by atoms with Gasteiger partial charge in [-0.15, -0.1) is 0 Å². The molecule has 1 atom stereocenters. The quantitative estimate of drug-likeness (QED) is 0.444. The molecule has 1 heterocycles. The van der Waals surface area contributed by atoms with Crippen molar-refractivity contribution in [3.05, 3.63) is 0 Å². The summed E-state index contributed by atoms with van der Waals surface area (Å²) in [4.78, 5) is 11.9. The van der Waals surface area contributed by atoms with Gasteiger partial charge in [0, 0.05) is 32.4 Å². The van der Waals surface area contributed by atoms with Gasteiger partial charge in [0.1, 0.15) is 0 Å². The Kier molecular flexibility index (Phi) is 9.10. The van der Waals surface area contributed by atoms with E-state index in [4.69, 9.17) is 13.3 Å². The third kappa shape index (κ3) is 6.44. The fourth-order valence-electron chi connectivity index (χ4n) is 2.55. The van der Waals surface area contributed by atoms with Crippen LogP contribution >= 0.6 is 0 Å². The minimum Gasteiger partial charge on any atom is -0.374 e. The Morgan fingerprint density at radius 3 is 2.29 bits per heavy atom. The molecule has 2 N–H and O–H groups in total. The van der Waals surface area contributed by atoms with E-state index >= 15 is 0 Å². The lowest BCUT2D eigenvalue weighted by Crippen LogP contribution is -2.47. The van der Waals surface area contributed by atoms with Gasteiger partial charge in [0.05, 0.1) is 6.04 Å². The maximum atomic E-state index is 11.9. The van der Waals surface area contributed by atoms with Crippen LogP contribution < -0.4 is 10.6 Å². The summed E-state index contributed by atoms with van der Waals surface area (Å²) in [7, 11) is -2.57. The number of carbonyl (C=O) groups excluding carboxylic acids is 1. The van der Waals surface area contributed by atoms with E-state index in [1.807, 2.05) is 20.8 Å². The molecule has 1 aliphatic rings. The first-order valence-corrected chi connectivity index (χ1v) is 10.0. The second kappa shape index (κ2) is 10.3. The zero-order valence-corrected chi connectivity index (χ0v) is 14.6. The highest BCUT2D eigenvalue weighted by Gasteiger charge is 2.39. The fraction of sp³-hybridized carbons (Fsp3) is 0.929. The molecule has 1 rings (SSSR count). The predicted molar refractivity (Wildman–Crippen MR) is 84.1 cm³/mol. The maximum absolute atomic E-state index is 11.9. The second-order valence-electron chi connectivity index (χ2n) is 5.03. The van der Waals surface area contributed by atoms with E-state index in [1.54, 1.807) is 0 Å². The summed E-state index contributed by atoms with van der Waals surface area (Å²) in [6.45, 7) is 9.19. The molecule has 1 fully saturated rings. The summed E-state index contributed by atoms with van der Waals surface area (Å²) >= 11 is 0. The summed E-state index contributed by atoms with van der Waals surface area (Å²) in [6, 6.07) is 0.721. The van der Waals surface area contributed by atoms with Crippen LogP contribution in [-0.4, -0.2) is 53.7 Å². The van der Waals surface area contributed by atoms with Crippen LogP contribution in [0.15, 0.2) is 0 Å². The van der Waals surface area contributed by atoms with E-state index in [0.29, 0.717) is 26.4 Å². The Balaban J connectivity index is 2.32. The van der Waals surface area contributed by atoms with Crippen molar-refractivity contribution < 1.29 is 18.1 Å². The van der Waals surface area contributed by atoms with Crippen molar-refractivity contribution in [1.29, 1.82) is 0 Å². The van der Waals surface area contributed by atoms with Crippen LogP contribution in [0.2, 0.25) is 6.04 Å². The van der Waals surface area contributed by atoms with Gasteiger partial charge < -0.3 is 23.9 Å². The molecule has 0 aromatic heterocycles. The summed E-state index contributed by atoms with van der Waals surface area (Å²) < 4.78 is 17.4. The molecule has 1 amide bonds. The minimum atomic E-state index is -2.57. The number of hydrogen-bond acceptors (Lipinski definition) is 5. The van der Waals surface area contributed by atoms with E-state index < -0.39 is 8.80 Å². The predicted octanol–water partition coefficient (Wildman–Crippen LogP) is 1.29. The molecule has 1 aliphatic heterocycles. The molecule has 1 saturated heterocycles. The topological polar surface area (TPSA) is 68.8 Å². The van der Waals surface area contributed by atoms with Gasteiger partial charge in [-0.25, -0.2) is 0 Å². The molecule has 124 valence electrons. The molecular formula is C14H30N2O4Si. The third-order valence-electron chi connectivity index (χ3n) is 3.43. The van der Waals surface area contributed by atoms with E-state index in [2.05, 4.69) is 10.6 Å². The molecule has 0 bridgehead atoms. The normalized spacial score (nSPS) is 18.9. The lowest BCUT2D eigenvalue weighted by atomic mass is 10.2. The highest BCUT2D eigenvalue weighted by Crippen LogP contribution is 2.17. The first kappa shape index (κ1) is 18.6. The Hall–Kier alpha value is -0.473. The molecule has 7 heteroatoms. The molecule has 0 unspecified atom stereocenters. The van der Waals surface area contributed by atoms with Gasteiger partial charge in [0.25, 0.3) is 0 Å². The molecule has 0 spiro atoms. The van der Waals surface area contributed by atoms with Crippen molar-refractivity contribution in [3.8, 4) is 0 Å². The van der Waals surface area contributed by atoms with Crippen LogP contribution in [0.5, 0.6) is 0 Å². The lowest BCUT2D eigenvalue weighted by molar-refractivity contribution is -0.122. The number of amides is 1. The number of rotatable bonds is 11. The van der Waals surface area contributed by atoms with E-state index in [-0.39, 0.29) is 11.9 Å². The van der Waals surface area contributed by atoms with Crippen molar-refractivity contribution in [2.45, 2.75) is 52.1 Å². The third-order valence-corrected chi connectivity index (χ3v) is 6.58. The van der Waals surface area contributed by atoms with Gasteiger partial charge in [-0.3, -0.25) is 4.79 Å². The zero-order valence-electron chi connectivity index (χ0n) is 13.6. The molecular weight excluding hydrogens is 288 g/mol. The Morgan fingerprint density at radius 1 is 1.19 bits per heavy atom. The number of hydrogen-bond donors (Lipinski definition) is 2. The standard InChI is InChI=1S/C14H30N2O4Si/c1-4-18-21(19-5-2,20-6-3)12-8-11-16-14(17)13-9-7-10-15-13/h13,15H,4-12H2,1-3H3,(H,16,17)/t13-/m1/s1. The van der Waals surface area contributed by atoms with Crippen molar-refractivity contribution >= 4 is 14.7 Å². The van der Waals surface area contributed by atoms with Crippen LogP contribution in [0.25, 0.3) is 0 Å². The first-order valence-electron chi connectivity index (χ1n) is 8.10. The molecule has 0 radical (unpaired) electrons. The van der Waals surface area contributed by atoms with Gasteiger partial charge in [0.15, 0.2) is 0 Å². The molecule has 0 saturated carbocycles. The SMILES string of the molecule is CCO[Si](CCCNC(=O)[C@H]1CCCN1)(OCC)OCC.